The number of para-hydroxylation sites is 1. The zero-order valence-corrected chi connectivity index (χ0v) is 14.2. The number of aliphatic hydroxyl groups is 1. The molecule has 0 radical (unpaired) electrons. The van der Waals surface area contributed by atoms with Crippen molar-refractivity contribution in [2.75, 3.05) is 6.61 Å². The number of benzene rings is 1. The van der Waals surface area contributed by atoms with Crippen LogP contribution in [0.4, 0.5) is 0 Å². The van der Waals surface area contributed by atoms with Gasteiger partial charge in [0.1, 0.15) is 5.82 Å². The average molecular weight is 331 g/mol. The Morgan fingerprint density at radius 3 is 2.83 bits per heavy atom. The lowest BCUT2D eigenvalue weighted by Gasteiger charge is -2.22. The minimum absolute atomic E-state index is 0.0553. The molecular formula is C18H25N3O3. The van der Waals surface area contributed by atoms with Gasteiger partial charge in [0.15, 0.2) is 0 Å². The van der Waals surface area contributed by atoms with Gasteiger partial charge in [-0.1, -0.05) is 32.4 Å². The summed E-state index contributed by atoms with van der Waals surface area (Å²) in [7, 11) is 0. The predicted molar refractivity (Wildman–Crippen MR) is 93.8 cm³/mol. The van der Waals surface area contributed by atoms with Crippen molar-refractivity contribution in [2.24, 2.45) is 5.92 Å². The van der Waals surface area contributed by atoms with Crippen LogP contribution in [0.15, 0.2) is 29.1 Å². The Morgan fingerprint density at radius 1 is 1.38 bits per heavy atom. The van der Waals surface area contributed by atoms with Crippen molar-refractivity contribution in [3.8, 4) is 0 Å². The highest BCUT2D eigenvalue weighted by molar-refractivity contribution is 5.77. The lowest BCUT2D eigenvalue weighted by atomic mass is 9.99. The quantitative estimate of drug-likeness (QED) is 0.687. The summed E-state index contributed by atoms with van der Waals surface area (Å²) in [6.45, 7) is 3.98. The number of hydrogen-bond donors (Lipinski definition) is 3. The third-order valence-electron chi connectivity index (χ3n) is 4.35. The summed E-state index contributed by atoms with van der Waals surface area (Å²) in [6, 6.07) is 6.98. The summed E-state index contributed by atoms with van der Waals surface area (Å²) in [5.74, 6) is 0.738. The second-order valence-electron chi connectivity index (χ2n) is 6.13. The van der Waals surface area contributed by atoms with Gasteiger partial charge in [-0.15, -0.1) is 0 Å². The van der Waals surface area contributed by atoms with E-state index in [0.717, 1.165) is 6.42 Å². The summed E-state index contributed by atoms with van der Waals surface area (Å²) < 4.78 is 0. The number of aryl methyl sites for hydroxylation is 1. The summed E-state index contributed by atoms with van der Waals surface area (Å²) in [6.07, 6.45) is 2.35. The maximum absolute atomic E-state index is 12.0. The van der Waals surface area contributed by atoms with E-state index in [0.29, 0.717) is 36.0 Å². The van der Waals surface area contributed by atoms with Crippen LogP contribution in [0.5, 0.6) is 0 Å². The molecule has 0 saturated heterocycles. The van der Waals surface area contributed by atoms with Crippen LogP contribution in [0.1, 0.15) is 38.9 Å². The molecule has 24 heavy (non-hydrogen) atoms. The molecule has 0 saturated carbocycles. The van der Waals surface area contributed by atoms with Crippen molar-refractivity contribution in [1.29, 1.82) is 0 Å². The Morgan fingerprint density at radius 2 is 2.12 bits per heavy atom. The summed E-state index contributed by atoms with van der Waals surface area (Å²) in [5.41, 5.74) is 0.509. The van der Waals surface area contributed by atoms with Crippen LogP contribution in [0.2, 0.25) is 0 Å². The molecule has 130 valence electrons. The molecule has 0 fully saturated rings. The van der Waals surface area contributed by atoms with Gasteiger partial charge in [-0.25, -0.2) is 4.98 Å². The first-order valence-corrected chi connectivity index (χ1v) is 8.43. The smallest absolute Gasteiger partial charge is 0.258 e. The highest BCUT2D eigenvalue weighted by Gasteiger charge is 2.17. The molecule has 0 aliphatic heterocycles. The standard InChI is InChI=1S/C18H25N3O3/c1-3-12(2)15(11-22)20-17(23)10-6-9-16-19-14-8-5-4-7-13(14)18(24)21-16/h4-5,7-8,12,15,22H,3,6,9-11H2,1-2H3,(H,20,23)(H,19,21,24)/t12-,15-/m1/s1. The molecule has 0 bridgehead atoms. The van der Waals surface area contributed by atoms with Crippen LogP contribution in [-0.4, -0.2) is 33.6 Å². The van der Waals surface area contributed by atoms with E-state index >= 15 is 0 Å². The van der Waals surface area contributed by atoms with Crippen molar-refractivity contribution in [1.82, 2.24) is 15.3 Å². The van der Waals surface area contributed by atoms with Crippen LogP contribution >= 0.6 is 0 Å². The maximum Gasteiger partial charge on any atom is 0.258 e. The molecule has 0 aliphatic carbocycles. The highest BCUT2D eigenvalue weighted by atomic mass is 16.3. The third kappa shape index (κ3) is 4.64. The van der Waals surface area contributed by atoms with Gasteiger partial charge in [0, 0.05) is 12.8 Å². The van der Waals surface area contributed by atoms with Crippen LogP contribution in [-0.2, 0) is 11.2 Å². The van der Waals surface area contributed by atoms with E-state index < -0.39 is 0 Å². The lowest BCUT2D eigenvalue weighted by Crippen LogP contribution is -2.41. The van der Waals surface area contributed by atoms with Crippen molar-refractivity contribution < 1.29 is 9.90 Å². The Kier molecular flexibility index (Phi) is 6.49. The summed E-state index contributed by atoms with van der Waals surface area (Å²) in [5, 5.41) is 12.8. The van der Waals surface area contributed by atoms with Crippen LogP contribution in [0.25, 0.3) is 10.9 Å². The first-order chi connectivity index (χ1) is 11.5. The van der Waals surface area contributed by atoms with Gasteiger partial charge in [0.25, 0.3) is 5.56 Å². The van der Waals surface area contributed by atoms with E-state index in [2.05, 4.69) is 15.3 Å². The van der Waals surface area contributed by atoms with Gasteiger partial charge in [-0.05, 0) is 24.5 Å². The molecular weight excluding hydrogens is 306 g/mol. The first-order valence-electron chi connectivity index (χ1n) is 8.43. The Labute approximate surface area is 141 Å². The fourth-order valence-corrected chi connectivity index (χ4v) is 2.60. The normalized spacial score (nSPS) is 13.6. The van der Waals surface area contributed by atoms with E-state index in [1.54, 1.807) is 18.2 Å². The summed E-state index contributed by atoms with van der Waals surface area (Å²) in [4.78, 5) is 31.2. The van der Waals surface area contributed by atoms with Gasteiger partial charge in [-0.3, -0.25) is 9.59 Å². The van der Waals surface area contributed by atoms with Gasteiger partial charge in [0.05, 0.1) is 23.6 Å². The van der Waals surface area contributed by atoms with Crippen molar-refractivity contribution in [3.63, 3.8) is 0 Å². The minimum Gasteiger partial charge on any atom is -0.394 e. The maximum atomic E-state index is 12.0. The molecule has 2 atom stereocenters. The number of amides is 1. The van der Waals surface area contributed by atoms with Crippen LogP contribution in [0.3, 0.4) is 0 Å². The molecule has 6 nitrogen and oxygen atoms in total. The fourth-order valence-electron chi connectivity index (χ4n) is 2.60. The fraction of sp³-hybridized carbons (Fsp3) is 0.500. The molecule has 2 rings (SSSR count). The van der Waals surface area contributed by atoms with E-state index in [9.17, 15) is 14.7 Å². The van der Waals surface area contributed by atoms with Crippen molar-refractivity contribution >= 4 is 16.8 Å². The number of rotatable bonds is 8. The number of carbonyl (C=O) groups excluding carboxylic acids is 1. The topological polar surface area (TPSA) is 95.1 Å². The van der Waals surface area contributed by atoms with Gasteiger partial charge < -0.3 is 15.4 Å². The number of aliphatic hydroxyl groups excluding tert-OH is 1. The second kappa shape index (κ2) is 8.59. The van der Waals surface area contributed by atoms with Gasteiger partial charge in [-0.2, -0.15) is 0 Å². The van der Waals surface area contributed by atoms with Gasteiger partial charge in [0.2, 0.25) is 5.91 Å². The Balaban J connectivity index is 1.90. The molecule has 6 heteroatoms. The molecule has 1 aromatic heterocycles. The number of nitrogens with zero attached hydrogens (tertiary/aromatic N) is 1. The molecule has 0 unspecified atom stereocenters. The number of hydrogen-bond acceptors (Lipinski definition) is 4. The van der Waals surface area contributed by atoms with Gasteiger partial charge >= 0.3 is 0 Å². The average Bonchev–Trinajstić information content (AvgIpc) is 2.59. The predicted octanol–water partition coefficient (Wildman–Crippen LogP) is 1.77. The third-order valence-corrected chi connectivity index (χ3v) is 4.35. The second-order valence-corrected chi connectivity index (χ2v) is 6.13. The number of fused-ring (bicyclic) bond motifs is 1. The lowest BCUT2D eigenvalue weighted by molar-refractivity contribution is -0.122. The number of aromatic amines is 1. The molecule has 3 N–H and O–H groups in total. The van der Waals surface area contributed by atoms with Crippen molar-refractivity contribution in [3.05, 3.63) is 40.4 Å². The molecule has 0 aliphatic rings. The van der Waals surface area contributed by atoms with E-state index in [1.807, 2.05) is 19.9 Å². The molecule has 1 aromatic carbocycles. The van der Waals surface area contributed by atoms with E-state index in [4.69, 9.17) is 0 Å². The van der Waals surface area contributed by atoms with Crippen molar-refractivity contribution in [2.45, 2.75) is 45.6 Å². The largest absolute Gasteiger partial charge is 0.394 e. The minimum atomic E-state index is -0.207. The van der Waals surface area contributed by atoms with Crippen LogP contribution < -0.4 is 10.9 Å². The molecule has 1 heterocycles. The zero-order chi connectivity index (χ0) is 17.5. The Bertz CT molecular complexity index is 742. The zero-order valence-electron chi connectivity index (χ0n) is 14.2. The van der Waals surface area contributed by atoms with E-state index in [-0.39, 0.29) is 30.0 Å². The summed E-state index contributed by atoms with van der Waals surface area (Å²) >= 11 is 0. The molecule has 1 amide bonds. The number of H-pyrrole nitrogens is 1. The number of nitrogens with one attached hydrogen (secondary N) is 2. The highest BCUT2D eigenvalue weighted by Crippen LogP contribution is 2.09. The van der Waals surface area contributed by atoms with E-state index in [1.165, 1.54) is 0 Å². The number of carbonyl (C=O) groups is 1. The SMILES string of the molecule is CC[C@@H](C)[C@@H](CO)NC(=O)CCCc1nc2ccccc2c(=O)[nH]1. The Hall–Kier alpha value is -2.21. The number of aromatic nitrogens is 2. The molecule has 0 spiro atoms. The van der Waals surface area contributed by atoms with Crippen LogP contribution in [0, 0.1) is 5.92 Å². The first kappa shape index (κ1) is 18.1. The monoisotopic (exact) mass is 331 g/mol. The molecule has 2 aromatic rings.